The number of rotatable bonds is 2. The summed E-state index contributed by atoms with van der Waals surface area (Å²) in [5.41, 5.74) is 8.63. The first kappa shape index (κ1) is 12.8. The maximum atomic E-state index is 12.4. The highest BCUT2D eigenvalue weighted by Crippen LogP contribution is 2.31. The third kappa shape index (κ3) is 1.99. The number of nitrogens with two attached hydrogens (primary N) is 1. The van der Waals surface area contributed by atoms with E-state index in [1.54, 1.807) is 30.6 Å². The molecule has 0 bridgehead atoms. The van der Waals surface area contributed by atoms with Crippen LogP contribution >= 0.6 is 0 Å². The SMILES string of the molecule is N[C@@H]1COc2cc(C(=O)Nc3ccnc4[nH]ncc34)ccc21. The van der Waals surface area contributed by atoms with Crippen LogP contribution in [0.2, 0.25) is 0 Å². The summed E-state index contributed by atoms with van der Waals surface area (Å²) >= 11 is 0. The second-order valence-electron chi connectivity index (χ2n) is 5.12. The number of nitrogens with one attached hydrogen (secondary N) is 2. The molecule has 3 aromatic rings. The molecule has 0 aliphatic carbocycles. The number of ether oxygens (including phenoxy) is 1. The van der Waals surface area contributed by atoms with Gasteiger partial charge >= 0.3 is 0 Å². The highest BCUT2D eigenvalue weighted by atomic mass is 16.5. The average molecular weight is 295 g/mol. The number of aromatic amines is 1. The standard InChI is InChI=1S/C15H13N5O2/c16-11-7-22-13-5-8(1-2-9(11)13)15(21)19-12-3-4-17-14-10(12)6-18-20-14/h1-6,11H,7,16H2,(H2,17,18,19,20,21)/t11-/m1/s1. The quantitative estimate of drug-likeness (QED) is 0.666. The molecule has 3 heterocycles. The molecule has 0 saturated heterocycles. The maximum absolute atomic E-state index is 12.4. The fourth-order valence-corrected chi connectivity index (χ4v) is 2.53. The Hall–Kier alpha value is -2.93. The molecule has 0 spiro atoms. The van der Waals surface area contributed by atoms with Crippen LogP contribution in [0.15, 0.2) is 36.7 Å². The van der Waals surface area contributed by atoms with E-state index in [0.29, 0.717) is 29.3 Å². The van der Waals surface area contributed by atoms with E-state index in [9.17, 15) is 4.79 Å². The molecule has 7 nitrogen and oxygen atoms in total. The number of carbonyl (C=O) groups excluding carboxylic acids is 1. The lowest BCUT2D eigenvalue weighted by atomic mass is 10.1. The van der Waals surface area contributed by atoms with Crippen LogP contribution in [0.3, 0.4) is 0 Å². The molecular formula is C15H13N5O2. The molecule has 1 aliphatic rings. The van der Waals surface area contributed by atoms with Gasteiger partial charge in [0, 0.05) is 17.3 Å². The van der Waals surface area contributed by atoms with Crippen LogP contribution in [0.4, 0.5) is 5.69 Å². The van der Waals surface area contributed by atoms with Gasteiger partial charge in [-0.15, -0.1) is 0 Å². The molecule has 4 N–H and O–H groups in total. The van der Waals surface area contributed by atoms with Crippen LogP contribution in [0, 0.1) is 0 Å². The van der Waals surface area contributed by atoms with Crippen molar-refractivity contribution in [1.82, 2.24) is 15.2 Å². The molecule has 0 fully saturated rings. The maximum Gasteiger partial charge on any atom is 0.255 e. The summed E-state index contributed by atoms with van der Waals surface area (Å²) in [5, 5.41) is 10.3. The van der Waals surface area contributed by atoms with E-state index >= 15 is 0 Å². The number of fused-ring (bicyclic) bond motifs is 2. The lowest BCUT2D eigenvalue weighted by molar-refractivity contribution is 0.102. The normalized spacial score (nSPS) is 16.3. The van der Waals surface area contributed by atoms with Crippen LogP contribution in [0.5, 0.6) is 5.75 Å². The summed E-state index contributed by atoms with van der Waals surface area (Å²) in [6.45, 7) is 0.445. The lowest BCUT2D eigenvalue weighted by Crippen LogP contribution is -2.12. The average Bonchev–Trinajstić information content (AvgIpc) is 3.14. The van der Waals surface area contributed by atoms with Gasteiger partial charge in [0.15, 0.2) is 5.65 Å². The van der Waals surface area contributed by atoms with Crippen molar-refractivity contribution >= 4 is 22.6 Å². The highest BCUT2D eigenvalue weighted by Gasteiger charge is 2.22. The van der Waals surface area contributed by atoms with Crippen molar-refractivity contribution in [3.8, 4) is 5.75 Å². The lowest BCUT2D eigenvalue weighted by Gasteiger charge is -2.07. The molecular weight excluding hydrogens is 282 g/mol. The van der Waals surface area contributed by atoms with Crippen LogP contribution in [-0.2, 0) is 0 Å². The largest absolute Gasteiger partial charge is 0.491 e. The smallest absolute Gasteiger partial charge is 0.255 e. The van der Waals surface area contributed by atoms with E-state index in [4.69, 9.17) is 10.5 Å². The van der Waals surface area contributed by atoms with Crippen LogP contribution in [-0.4, -0.2) is 27.7 Å². The van der Waals surface area contributed by atoms with Crippen molar-refractivity contribution < 1.29 is 9.53 Å². The van der Waals surface area contributed by atoms with E-state index in [2.05, 4.69) is 20.5 Å². The molecule has 1 amide bonds. The predicted octanol–water partition coefficient (Wildman–Crippen LogP) is 1.60. The molecule has 4 rings (SSSR count). The molecule has 7 heteroatoms. The number of H-pyrrole nitrogens is 1. The van der Waals surface area contributed by atoms with Gasteiger partial charge in [-0.05, 0) is 18.2 Å². The van der Waals surface area contributed by atoms with E-state index in [1.807, 2.05) is 6.07 Å². The second-order valence-corrected chi connectivity index (χ2v) is 5.12. The summed E-state index contributed by atoms with van der Waals surface area (Å²) in [4.78, 5) is 16.5. The molecule has 1 aromatic carbocycles. The molecule has 1 aliphatic heterocycles. The summed E-state index contributed by atoms with van der Waals surface area (Å²) in [7, 11) is 0. The van der Waals surface area contributed by atoms with Gasteiger partial charge in [-0.2, -0.15) is 5.10 Å². The summed E-state index contributed by atoms with van der Waals surface area (Å²) in [6.07, 6.45) is 3.24. The van der Waals surface area contributed by atoms with Crippen molar-refractivity contribution in [2.75, 3.05) is 11.9 Å². The van der Waals surface area contributed by atoms with Gasteiger partial charge < -0.3 is 15.8 Å². The molecule has 0 unspecified atom stereocenters. The van der Waals surface area contributed by atoms with Gasteiger partial charge in [-0.1, -0.05) is 6.07 Å². The van der Waals surface area contributed by atoms with E-state index in [0.717, 1.165) is 10.9 Å². The summed E-state index contributed by atoms with van der Waals surface area (Å²) in [6, 6.07) is 6.90. The number of anilines is 1. The first-order valence-corrected chi connectivity index (χ1v) is 6.84. The van der Waals surface area contributed by atoms with E-state index in [1.165, 1.54) is 0 Å². The minimum atomic E-state index is -0.222. The fourth-order valence-electron chi connectivity index (χ4n) is 2.53. The molecule has 0 saturated carbocycles. The number of pyridine rings is 1. The molecule has 110 valence electrons. The second kappa shape index (κ2) is 4.81. The first-order valence-electron chi connectivity index (χ1n) is 6.84. The number of benzene rings is 1. The van der Waals surface area contributed by atoms with Gasteiger partial charge in [0.1, 0.15) is 12.4 Å². The Morgan fingerprint density at radius 2 is 2.32 bits per heavy atom. The van der Waals surface area contributed by atoms with E-state index in [-0.39, 0.29) is 11.9 Å². The Bertz CT molecular complexity index is 873. The van der Waals surface area contributed by atoms with Crippen molar-refractivity contribution in [2.45, 2.75) is 6.04 Å². The topological polar surface area (TPSA) is 106 Å². The zero-order chi connectivity index (χ0) is 15.1. The first-order chi connectivity index (χ1) is 10.7. The van der Waals surface area contributed by atoms with Gasteiger partial charge in [0.2, 0.25) is 0 Å². The number of hydrogen-bond acceptors (Lipinski definition) is 5. The Morgan fingerprint density at radius 1 is 1.41 bits per heavy atom. The number of carbonyl (C=O) groups is 1. The predicted molar refractivity (Wildman–Crippen MR) is 80.7 cm³/mol. The van der Waals surface area contributed by atoms with Gasteiger partial charge in [0.05, 0.1) is 23.3 Å². The van der Waals surface area contributed by atoms with Gasteiger partial charge in [-0.25, -0.2) is 4.98 Å². The van der Waals surface area contributed by atoms with Gasteiger partial charge in [-0.3, -0.25) is 9.89 Å². The molecule has 0 radical (unpaired) electrons. The van der Waals surface area contributed by atoms with Crippen molar-refractivity contribution in [2.24, 2.45) is 5.73 Å². The number of hydrogen-bond donors (Lipinski definition) is 3. The Kier molecular flexibility index (Phi) is 2.80. The summed E-state index contributed by atoms with van der Waals surface area (Å²) in [5.74, 6) is 0.448. The van der Waals surface area contributed by atoms with Gasteiger partial charge in [0.25, 0.3) is 5.91 Å². The molecule has 22 heavy (non-hydrogen) atoms. The van der Waals surface area contributed by atoms with Crippen molar-refractivity contribution in [3.63, 3.8) is 0 Å². The monoisotopic (exact) mass is 295 g/mol. The number of amides is 1. The number of nitrogens with zero attached hydrogens (tertiary/aromatic N) is 2. The minimum absolute atomic E-state index is 0.127. The molecule has 2 aromatic heterocycles. The third-order valence-electron chi connectivity index (χ3n) is 3.70. The molecule has 1 atom stereocenters. The third-order valence-corrected chi connectivity index (χ3v) is 3.70. The van der Waals surface area contributed by atoms with E-state index < -0.39 is 0 Å². The Morgan fingerprint density at radius 3 is 3.23 bits per heavy atom. The van der Waals surface area contributed by atoms with Crippen LogP contribution < -0.4 is 15.8 Å². The minimum Gasteiger partial charge on any atom is -0.491 e. The van der Waals surface area contributed by atoms with Crippen LogP contribution in [0.1, 0.15) is 22.0 Å². The Labute approximate surface area is 125 Å². The zero-order valence-electron chi connectivity index (χ0n) is 11.5. The van der Waals surface area contributed by atoms with Crippen molar-refractivity contribution in [1.29, 1.82) is 0 Å². The zero-order valence-corrected chi connectivity index (χ0v) is 11.5. The summed E-state index contributed by atoms with van der Waals surface area (Å²) < 4.78 is 5.48. The number of aromatic nitrogens is 3. The van der Waals surface area contributed by atoms with Crippen LogP contribution in [0.25, 0.3) is 11.0 Å². The van der Waals surface area contributed by atoms with Crippen molar-refractivity contribution in [3.05, 3.63) is 47.8 Å². The highest BCUT2D eigenvalue weighted by molar-refractivity contribution is 6.08. The Balaban J connectivity index is 1.64. The fraction of sp³-hybridized carbons (Fsp3) is 0.133.